The number of ketones is 1. The molecular formula is C11H15BrO3S. The molecule has 0 aromatic carbocycles. The molecule has 0 spiro atoms. The van der Waals surface area contributed by atoms with E-state index in [2.05, 4.69) is 15.9 Å². The molecule has 0 bridgehead atoms. The number of carbonyl (C=O) groups excluding carboxylic acids is 1. The summed E-state index contributed by atoms with van der Waals surface area (Å²) in [5.74, 6) is -0.0353. The van der Waals surface area contributed by atoms with Gasteiger partial charge in [-0.1, -0.05) is 0 Å². The normalized spacial score (nSPS) is 11.0. The molecule has 90 valence electrons. The van der Waals surface area contributed by atoms with Crippen LogP contribution in [0.25, 0.3) is 0 Å². The summed E-state index contributed by atoms with van der Waals surface area (Å²) in [6.45, 7) is 4.64. The van der Waals surface area contributed by atoms with Crippen LogP contribution in [0.2, 0.25) is 0 Å². The van der Waals surface area contributed by atoms with E-state index in [4.69, 9.17) is 9.47 Å². The summed E-state index contributed by atoms with van der Waals surface area (Å²) in [7, 11) is 0. The van der Waals surface area contributed by atoms with Crippen molar-refractivity contribution in [2.24, 2.45) is 0 Å². The number of rotatable bonds is 7. The summed E-state index contributed by atoms with van der Waals surface area (Å²) < 4.78 is 11.5. The van der Waals surface area contributed by atoms with Crippen molar-refractivity contribution in [2.75, 3.05) is 13.2 Å². The molecule has 16 heavy (non-hydrogen) atoms. The number of thiophene rings is 1. The van der Waals surface area contributed by atoms with Crippen LogP contribution in [-0.4, -0.2) is 25.3 Å². The lowest BCUT2D eigenvalue weighted by Gasteiger charge is -2.15. The largest absolute Gasteiger partial charge is 0.346 e. The van der Waals surface area contributed by atoms with Gasteiger partial charge in [-0.3, -0.25) is 4.79 Å². The van der Waals surface area contributed by atoms with Crippen molar-refractivity contribution in [3.8, 4) is 0 Å². The highest BCUT2D eigenvalue weighted by Crippen LogP contribution is 2.23. The maximum atomic E-state index is 11.9. The SMILES string of the molecule is CCOC(OCC)C(=O)Cc1sccc1Br. The van der Waals surface area contributed by atoms with E-state index >= 15 is 0 Å². The van der Waals surface area contributed by atoms with Gasteiger partial charge in [0.2, 0.25) is 6.29 Å². The van der Waals surface area contributed by atoms with Gasteiger partial charge >= 0.3 is 0 Å². The minimum absolute atomic E-state index is 0.0353. The molecule has 0 N–H and O–H groups in total. The predicted molar refractivity (Wildman–Crippen MR) is 67.8 cm³/mol. The minimum atomic E-state index is -0.732. The molecule has 0 fully saturated rings. The second-order valence-corrected chi connectivity index (χ2v) is 4.93. The summed E-state index contributed by atoms with van der Waals surface area (Å²) >= 11 is 4.95. The van der Waals surface area contributed by atoms with Crippen LogP contribution in [0.3, 0.4) is 0 Å². The fourth-order valence-electron chi connectivity index (χ4n) is 1.23. The Bertz CT molecular complexity index is 332. The standard InChI is InChI=1S/C11H15BrO3S/c1-3-14-11(15-4-2)9(13)7-10-8(12)5-6-16-10/h5-6,11H,3-4,7H2,1-2H3. The Morgan fingerprint density at radius 3 is 2.50 bits per heavy atom. The number of hydrogen-bond acceptors (Lipinski definition) is 4. The predicted octanol–water partition coefficient (Wildman–Crippen LogP) is 3.02. The van der Waals surface area contributed by atoms with Crippen molar-refractivity contribution >= 4 is 33.0 Å². The van der Waals surface area contributed by atoms with Crippen LogP contribution in [0, 0.1) is 0 Å². The molecule has 1 rings (SSSR count). The van der Waals surface area contributed by atoms with E-state index in [1.165, 1.54) is 0 Å². The Balaban J connectivity index is 2.58. The Hall–Kier alpha value is -0.230. The maximum absolute atomic E-state index is 11.9. The topological polar surface area (TPSA) is 35.5 Å². The summed E-state index contributed by atoms with van der Waals surface area (Å²) in [5.41, 5.74) is 0. The van der Waals surface area contributed by atoms with Crippen LogP contribution in [-0.2, 0) is 20.7 Å². The van der Waals surface area contributed by atoms with Crippen molar-refractivity contribution in [1.82, 2.24) is 0 Å². The second kappa shape index (κ2) is 7.17. The van der Waals surface area contributed by atoms with Crippen molar-refractivity contribution in [3.63, 3.8) is 0 Å². The number of ether oxygens (including phenoxy) is 2. The van der Waals surface area contributed by atoms with Gasteiger partial charge in [-0.25, -0.2) is 0 Å². The molecule has 1 aromatic rings. The highest BCUT2D eigenvalue weighted by molar-refractivity contribution is 9.10. The molecule has 3 nitrogen and oxygen atoms in total. The van der Waals surface area contributed by atoms with Gasteiger partial charge in [0, 0.05) is 29.0 Å². The molecule has 1 aromatic heterocycles. The maximum Gasteiger partial charge on any atom is 0.218 e. The molecule has 0 saturated carbocycles. The van der Waals surface area contributed by atoms with Crippen LogP contribution in [0.4, 0.5) is 0 Å². The van der Waals surface area contributed by atoms with E-state index in [0.29, 0.717) is 19.6 Å². The first-order valence-corrected chi connectivity index (χ1v) is 6.84. The van der Waals surface area contributed by atoms with Gasteiger partial charge in [-0.2, -0.15) is 0 Å². The Morgan fingerprint density at radius 2 is 2.06 bits per heavy atom. The van der Waals surface area contributed by atoms with Crippen LogP contribution < -0.4 is 0 Å². The van der Waals surface area contributed by atoms with Gasteiger partial charge in [0.1, 0.15) is 0 Å². The van der Waals surface area contributed by atoms with Gasteiger partial charge < -0.3 is 9.47 Å². The number of halogens is 1. The van der Waals surface area contributed by atoms with Gasteiger partial charge in [0.05, 0.1) is 0 Å². The average Bonchev–Trinajstić information content (AvgIpc) is 2.64. The average molecular weight is 307 g/mol. The number of Topliss-reactive ketones (excluding diaryl/α,β-unsaturated/α-hetero) is 1. The monoisotopic (exact) mass is 306 g/mol. The Kier molecular flexibility index (Phi) is 6.20. The van der Waals surface area contributed by atoms with E-state index in [9.17, 15) is 4.79 Å². The zero-order valence-electron chi connectivity index (χ0n) is 9.36. The van der Waals surface area contributed by atoms with E-state index in [0.717, 1.165) is 9.35 Å². The quantitative estimate of drug-likeness (QED) is 0.726. The molecule has 1 heterocycles. The molecule has 0 amide bonds. The molecule has 0 saturated heterocycles. The Morgan fingerprint density at radius 1 is 1.44 bits per heavy atom. The van der Waals surface area contributed by atoms with Crippen molar-refractivity contribution in [2.45, 2.75) is 26.6 Å². The van der Waals surface area contributed by atoms with Crippen LogP contribution in [0.1, 0.15) is 18.7 Å². The number of carbonyl (C=O) groups is 1. The molecule has 0 atom stereocenters. The van der Waals surface area contributed by atoms with E-state index < -0.39 is 6.29 Å². The Labute approximate surface area is 108 Å². The third-order valence-corrected chi connectivity index (χ3v) is 3.85. The molecule has 0 aliphatic carbocycles. The summed E-state index contributed by atoms with van der Waals surface area (Å²) in [6, 6.07) is 1.93. The summed E-state index contributed by atoms with van der Waals surface area (Å²) in [5, 5.41) is 1.95. The van der Waals surface area contributed by atoms with Crippen molar-refractivity contribution in [3.05, 3.63) is 20.8 Å². The van der Waals surface area contributed by atoms with Gasteiger partial charge in [0.25, 0.3) is 0 Å². The molecule has 0 unspecified atom stereocenters. The first-order valence-electron chi connectivity index (χ1n) is 5.16. The van der Waals surface area contributed by atoms with Gasteiger partial charge in [0.15, 0.2) is 5.78 Å². The van der Waals surface area contributed by atoms with Crippen LogP contribution in [0.15, 0.2) is 15.9 Å². The zero-order chi connectivity index (χ0) is 12.0. The fourth-order valence-corrected chi connectivity index (χ4v) is 2.73. The van der Waals surface area contributed by atoms with E-state index in [1.54, 1.807) is 11.3 Å². The van der Waals surface area contributed by atoms with Gasteiger partial charge in [-0.15, -0.1) is 11.3 Å². The van der Waals surface area contributed by atoms with Crippen molar-refractivity contribution in [1.29, 1.82) is 0 Å². The van der Waals surface area contributed by atoms with Crippen LogP contribution in [0.5, 0.6) is 0 Å². The molecule has 0 aliphatic heterocycles. The smallest absolute Gasteiger partial charge is 0.218 e. The third kappa shape index (κ3) is 3.97. The first-order chi connectivity index (χ1) is 7.69. The molecule has 0 aliphatic rings. The summed E-state index contributed by atoms with van der Waals surface area (Å²) in [6.07, 6.45) is -0.382. The lowest BCUT2D eigenvalue weighted by Crippen LogP contribution is -2.29. The molecular weight excluding hydrogens is 292 g/mol. The fraction of sp³-hybridized carbons (Fsp3) is 0.545. The van der Waals surface area contributed by atoms with E-state index in [1.807, 2.05) is 25.3 Å². The van der Waals surface area contributed by atoms with Crippen LogP contribution >= 0.6 is 27.3 Å². The number of hydrogen-bond donors (Lipinski definition) is 0. The lowest BCUT2D eigenvalue weighted by atomic mass is 10.2. The third-order valence-electron chi connectivity index (χ3n) is 1.92. The highest BCUT2D eigenvalue weighted by atomic mass is 79.9. The summed E-state index contributed by atoms with van der Waals surface area (Å²) in [4.78, 5) is 12.9. The minimum Gasteiger partial charge on any atom is -0.346 e. The highest BCUT2D eigenvalue weighted by Gasteiger charge is 2.20. The zero-order valence-corrected chi connectivity index (χ0v) is 11.8. The second-order valence-electron chi connectivity index (χ2n) is 3.08. The molecule has 0 radical (unpaired) electrons. The first kappa shape index (κ1) is 13.8. The molecule has 5 heteroatoms. The lowest BCUT2D eigenvalue weighted by molar-refractivity contribution is -0.167. The van der Waals surface area contributed by atoms with Crippen molar-refractivity contribution < 1.29 is 14.3 Å². The van der Waals surface area contributed by atoms with Gasteiger partial charge in [-0.05, 0) is 41.2 Å². The van der Waals surface area contributed by atoms with E-state index in [-0.39, 0.29) is 5.78 Å².